The normalized spacial score (nSPS) is 22.1. The molecule has 0 radical (unpaired) electrons. The minimum absolute atomic E-state index is 0. The minimum Gasteiger partial charge on any atom is -0.497 e. The molecule has 2 N–H and O–H groups in total. The molecule has 0 aliphatic carbocycles. The SMILES string of the molecule is CN=C(NCC1CCCN(C)C1c1ccc(OC)cc1)NC1CCN(c2ccccc2)CC1.I. The van der Waals surface area contributed by atoms with Gasteiger partial charge in [0.1, 0.15) is 5.75 Å². The largest absolute Gasteiger partial charge is 0.497 e. The standard InChI is InChI=1S/C27H39N5O.HI/c1-28-27(30-23-15-18-32(19-16-23)24-9-5-4-6-10-24)29-20-22-8-7-17-31(2)26(22)21-11-13-25(33-3)14-12-21;/h4-6,9-14,22-23,26H,7-8,15-20H2,1-3H3,(H2,28,29,30);1H. The summed E-state index contributed by atoms with van der Waals surface area (Å²) in [6.07, 6.45) is 4.70. The number of benzene rings is 2. The van der Waals surface area contributed by atoms with E-state index in [1.54, 1.807) is 7.11 Å². The molecule has 0 amide bonds. The first-order chi connectivity index (χ1) is 16.2. The van der Waals surface area contributed by atoms with Crippen molar-refractivity contribution in [1.82, 2.24) is 15.5 Å². The molecule has 34 heavy (non-hydrogen) atoms. The lowest BCUT2D eigenvalue weighted by Gasteiger charge is -2.40. The lowest BCUT2D eigenvalue weighted by atomic mass is 9.85. The molecule has 2 fully saturated rings. The molecule has 2 aromatic rings. The Bertz CT molecular complexity index is 884. The summed E-state index contributed by atoms with van der Waals surface area (Å²) in [6.45, 7) is 4.21. The van der Waals surface area contributed by atoms with Gasteiger partial charge in [-0.1, -0.05) is 30.3 Å². The number of nitrogens with zero attached hydrogens (tertiary/aromatic N) is 3. The van der Waals surface area contributed by atoms with Gasteiger partial charge in [0.2, 0.25) is 0 Å². The van der Waals surface area contributed by atoms with Crippen LogP contribution < -0.4 is 20.3 Å². The van der Waals surface area contributed by atoms with Crippen molar-refractivity contribution in [3.8, 4) is 5.75 Å². The van der Waals surface area contributed by atoms with E-state index in [2.05, 4.69) is 87.1 Å². The smallest absolute Gasteiger partial charge is 0.191 e. The molecule has 2 heterocycles. The number of anilines is 1. The Hall–Kier alpha value is -2.00. The van der Waals surface area contributed by atoms with Crippen molar-refractivity contribution in [2.24, 2.45) is 10.9 Å². The quantitative estimate of drug-likeness (QED) is 0.300. The monoisotopic (exact) mass is 577 g/mol. The average Bonchev–Trinajstić information content (AvgIpc) is 2.87. The van der Waals surface area contributed by atoms with Crippen molar-refractivity contribution in [3.63, 3.8) is 0 Å². The second-order valence-corrected chi connectivity index (χ2v) is 9.30. The Labute approximate surface area is 222 Å². The zero-order chi connectivity index (χ0) is 23.0. The maximum atomic E-state index is 5.35. The van der Waals surface area contributed by atoms with Crippen molar-refractivity contribution >= 4 is 35.6 Å². The van der Waals surface area contributed by atoms with E-state index in [9.17, 15) is 0 Å². The molecule has 2 unspecified atom stereocenters. The van der Waals surface area contributed by atoms with Gasteiger partial charge in [0.05, 0.1) is 7.11 Å². The van der Waals surface area contributed by atoms with E-state index in [1.165, 1.54) is 24.1 Å². The molecule has 0 bridgehead atoms. The van der Waals surface area contributed by atoms with E-state index in [-0.39, 0.29) is 24.0 Å². The first-order valence-corrected chi connectivity index (χ1v) is 12.3. The van der Waals surface area contributed by atoms with Crippen LogP contribution in [0.15, 0.2) is 59.6 Å². The van der Waals surface area contributed by atoms with Crippen molar-refractivity contribution in [1.29, 1.82) is 0 Å². The molecule has 2 aliphatic heterocycles. The third-order valence-electron chi connectivity index (χ3n) is 7.18. The van der Waals surface area contributed by atoms with Gasteiger partial charge >= 0.3 is 0 Å². The predicted octanol–water partition coefficient (Wildman–Crippen LogP) is 4.53. The van der Waals surface area contributed by atoms with Crippen LogP contribution in [0.25, 0.3) is 0 Å². The Morgan fingerprint density at radius 3 is 2.35 bits per heavy atom. The van der Waals surface area contributed by atoms with E-state index >= 15 is 0 Å². The zero-order valence-electron chi connectivity index (χ0n) is 20.7. The fourth-order valence-corrected chi connectivity index (χ4v) is 5.34. The molecule has 0 aromatic heterocycles. The highest BCUT2D eigenvalue weighted by molar-refractivity contribution is 14.0. The van der Waals surface area contributed by atoms with Crippen molar-refractivity contribution < 1.29 is 4.74 Å². The number of methoxy groups -OCH3 is 1. The number of hydrogen-bond acceptors (Lipinski definition) is 4. The van der Waals surface area contributed by atoms with Gasteiger partial charge < -0.3 is 20.3 Å². The Balaban J connectivity index is 0.00000324. The van der Waals surface area contributed by atoms with Crippen LogP contribution in [0, 0.1) is 5.92 Å². The summed E-state index contributed by atoms with van der Waals surface area (Å²) in [5.41, 5.74) is 2.69. The highest BCUT2D eigenvalue weighted by Gasteiger charge is 2.31. The van der Waals surface area contributed by atoms with Crippen LogP contribution in [0.3, 0.4) is 0 Å². The number of para-hydroxylation sites is 1. The lowest BCUT2D eigenvalue weighted by molar-refractivity contribution is 0.122. The topological polar surface area (TPSA) is 52.1 Å². The molecule has 186 valence electrons. The first kappa shape index (κ1) is 26.6. The lowest BCUT2D eigenvalue weighted by Crippen LogP contribution is -2.50. The maximum absolute atomic E-state index is 5.35. The molecular formula is C27H40IN5O. The van der Waals surface area contributed by atoms with Crippen LogP contribution in [0.1, 0.15) is 37.3 Å². The molecule has 2 saturated heterocycles. The maximum Gasteiger partial charge on any atom is 0.191 e. The molecule has 6 nitrogen and oxygen atoms in total. The Morgan fingerprint density at radius 1 is 1.00 bits per heavy atom. The molecule has 2 aliphatic rings. The summed E-state index contributed by atoms with van der Waals surface area (Å²) >= 11 is 0. The van der Waals surface area contributed by atoms with Gasteiger partial charge in [0.15, 0.2) is 5.96 Å². The van der Waals surface area contributed by atoms with Gasteiger partial charge in [0.25, 0.3) is 0 Å². The average molecular weight is 578 g/mol. The molecule has 2 atom stereocenters. The number of piperidine rings is 2. The molecule has 4 rings (SSSR count). The van der Waals surface area contributed by atoms with Gasteiger partial charge in [-0.2, -0.15) is 0 Å². The van der Waals surface area contributed by atoms with Crippen LogP contribution >= 0.6 is 24.0 Å². The van der Waals surface area contributed by atoms with Crippen LogP contribution in [0.2, 0.25) is 0 Å². The second kappa shape index (κ2) is 13.2. The van der Waals surface area contributed by atoms with E-state index in [0.717, 1.165) is 50.7 Å². The summed E-state index contributed by atoms with van der Waals surface area (Å²) in [7, 11) is 5.84. The van der Waals surface area contributed by atoms with Crippen LogP contribution in [-0.4, -0.2) is 64.3 Å². The predicted molar refractivity (Wildman–Crippen MR) is 153 cm³/mol. The minimum atomic E-state index is 0. The molecule has 0 spiro atoms. The van der Waals surface area contributed by atoms with Crippen LogP contribution in [0.5, 0.6) is 5.75 Å². The van der Waals surface area contributed by atoms with Gasteiger partial charge in [0, 0.05) is 44.5 Å². The van der Waals surface area contributed by atoms with Gasteiger partial charge in [-0.15, -0.1) is 24.0 Å². The van der Waals surface area contributed by atoms with Crippen LogP contribution in [-0.2, 0) is 0 Å². The number of halogens is 1. The third-order valence-corrected chi connectivity index (χ3v) is 7.18. The van der Waals surface area contributed by atoms with E-state index in [1.807, 2.05) is 7.05 Å². The zero-order valence-corrected chi connectivity index (χ0v) is 23.1. The van der Waals surface area contributed by atoms with Gasteiger partial charge in [-0.05, 0) is 75.0 Å². The fraction of sp³-hybridized carbons (Fsp3) is 0.519. The number of guanidine groups is 1. The highest BCUT2D eigenvalue weighted by atomic mass is 127. The highest BCUT2D eigenvalue weighted by Crippen LogP contribution is 2.35. The molecule has 7 heteroatoms. The first-order valence-electron chi connectivity index (χ1n) is 12.3. The van der Waals surface area contributed by atoms with Crippen molar-refractivity contribution in [2.45, 2.75) is 37.8 Å². The van der Waals surface area contributed by atoms with E-state index in [4.69, 9.17) is 4.74 Å². The molecular weight excluding hydrogens is 537 g/mol. The summed E-state index contributed by atoms with van der Waals surface area (Å²) in [5, 5.41) is 7.33. The number of ether oxygens (including phenoxy) is 1. The number of aliphatic imine (C=N–C) groups is 1. The summed E-state index contributed by atoms with van der Waals surface area (Å²) < 4.78 is 5.35. The van der Waals surface area contributed by atoms with Crippen LogP contribution in [0.4, 0.5) is 5.69 Å². The summed E-state index contributed by atoms with van der Waals surface area (Å²) in [5.74, 6) is 2.38. The molecule has 0 saturated carbocycles. The van der Waals surface area contributed by atoms with E-state index < -0.39 is 0 Å². The second-order valence-electron chi connectivity index (χ2n) is 9.30. The number of likely N-dealkylation sites (tertiary alicyclic amines) is 1. The summed E-state index contributed by atoms with van der Waals surface area (Å²) in [4.78, 5) is 9.50. The number of rotatable bonds is 6. The molecule has 2 aromatic carbocycles. The van der Waals surface area contributed by atoms with Gasteiger partial charge in [-0.3, -0.25) is 9.89 Å². The number of hydrogen-bond donors (Lipinski definition) is 2. The van der Waals surface area contributed by atoms with Gasteiger partial charge in [-0.25, -0.2) is 0 Å². The Morgan fingerprint density at radius 2 is 1.71 bits per heavy atom. The number of nitrogens with one attached hydrogen (secondary N) is 2. The summed E-state index contributed by atoms with van der Waals surface area (Å²) in [6, 6.07) is 20.2. The fourth-order valence-electron chi connectivity index (χ4n) is 5.34. The van der Waals surface area contributed by atoms with Crippen molar-refractivity contribution in [3.05, 3.63) is 60.2 Å². The van der Waals surface area contributed by atoms with E-state index in [0.29, 0.717) is 18.0 Å². The van der Waals surface area contributed by atoms with Crippen molar-refractivity contribution in [2.75, 3.05) is 52.3 Å². The third kappa shape index (κ3) is 6.78. The Kier molecular flexibility index (Phi) is 10.3.